The first-order valence-corrected chi connectivity index (χ1v) is 11.4. The summed E-state index contributed by atoms with van der Waals surface area (Å²) in [6.45, 7) is 3.71. The van der Waals surface area contributed by atoms with Gasteiger partial charge in [0, 0.05) is 19.0 Å². The molecule has 2 amide bonds. The normalized spacial score (nSPS) is 12.5. The summed E-state index contributed by atoms with van der Waals surface area (Å²) in [5.74, 6) is -0.552. The molecule has 1 aromatic carbocycles. The highest BCUT2D eigenvalue weighted by Gasteiger charge is 2.28. The number of aliphatic hydroxyl groups is 1. The Morgan fingerprint density at radius 3 is 2.66 bits per heavy atom. The van der Waals surface area contributed by atoms with Gasteiger partial charge < -0.3 is 20.9 Å². The maximum absolute atomic E-state index is 13.3. The standard InChI is InChI=1S/C24H29N3O4S/c1-24(2,31-23(25)30)11-9-19(17-7-5-16(6-8-17)4-3-13-28)22(29)27-21-14-18-10-12-26-15-20(18)32-21/h5-8,10,12,14-15,19,28H,3-4,9,11,13H2,1-2H3,(H2,25,30)(H,27,29). The number of carbonyl (C=O) groups excluding carboxylic acids is 2. The van der Waals surface area contributed by atoms with E-state index in [0.29, 0.717) is 19.3 Å². The third-order valence-electron chi connectivity index (χ3n) is 5.30. The van der Waals surface area contributed by atoms with Crippen molar-refractivity contribution in [3.8, 4) is 0 Å². The molecule has 2 heterocycles. The maximum atomic E-state index is 13.3. The average Bonchev–Trinajstić information content (AvgIpc) is 3.14. The summed E-state index contributed by atoms with van der Waals surface area (Å²) in [6, 6.07) is 11.7. The molecule has 0 aliphatic rings. The minimum absolute atomic E-state index is 0.123. The lowest BCUT2D eigenvalue weighted by atomic mass is 9.88. The van der Waals surface area contributed by atoms with Gasteiger partial charge in [-0.1, -0.05) is 24.3 Å². The predicted molar refractivity (Wildman–Crippen MR) is 127 cm³/mol. The Bertz CT molecular complexity index is 1030. The molecule has 7 nitrogen and oxygen atoms in total. The summed E-state index contributed by atoms with van der Waals surface area (Å²) in [4.78, 5) is 28.6. The summed E-state index contributed by atoms with van der Waals surface area (Å²) >= 11 is 1.48. The lowest BCUT2D eigenvalue weighted by molar-refractivity contribution is -0.117. The number of amides is 2. The number of anilines is 1. The number of benzene rings is 1. The van der Waals surface area contributed by atoms with Crippen molar-refractivity contribution in [3.05, 3.63) is 59.9 Å². The lowest BCUT2D eigenvalue weighted by Crippen LogP contribution is -2.32. The van der Waals surface area contributed by atoms with Crippen LogP contribution in [0.2, 0.25) is 0 Å². The molecule has 0 saturated heterocycles. The molecular formula is C24H29N3O4S. The Kier molecular flexibility index (Phi) is 7.82. The summed E-state index contributed by atoms with van der Waals surface area (Å²) < 4.78 is 6.21. The number of nitrogens with two attached hydrogens (primary N) is 1. The molecule has 0 saturated carbocycles. The molecule has 0 bridgehead atoms. The molecule has 3 aromatic rings. The number of aliphatic hydroxyl groups excluding tert-OH is 1. The maximum Gasteiger partial charge on any atom is 0.405 e. The first-order valence-electron chi connectivity index (χ1n) is 10.6. The van der Waals surface area contributed by atoms with Crippen LogP contribution in [0.1, 0.15) is 50.2 Å². The number of pyridine rings is 1. The van der Waals surface area contributed by atoms with E-state index in [9.17, 15) is 9.59 Å². The highest BCUT2D eigenvalue weighted by atomic mass is 32.1. The van der Waals surface area contributed by atoms with Gasteiger partial charge in [0.1, 0.15) is 5.60 Å². The molecular weight excluding hydrogens is 426 g/mol. The second-order valence-electron chi connectivity index (χ2n) is 8.35. The van der Waals surface area contributed by atoms with Gasteiger partial charge in [0.2, 0.25) is 5.91 Å². The zero-order chi connectivity index (χ0) is 23.1. The number of nitrogens with one attached hydrogen (secondary N) is 1. The Labute approximate surface area is 191 Å². The second-order valence-corrected chi connectivity index (χ2v) is 9.44. The summed E-state index contributed by atoms with van der Waals surface area (Å²) in [5, 5.41) is 13.9. The molecule has 0 spiro atoms. The van der Waals surface area contributed by atoms with Crippen LogP contribution in [-0.2, 0) is 16.0 Å². The van der Waals surface area contributed by atoms with Crippen LogP contribution in [0.4, 0.5) is 9.80 Å². The zero-order valence-corrected chi connectivity index (χ0v) is 19.2. The Balaban J connectivity index is 1.79. The Morgan fingerprint density at radius 1 is 1.25 bits per heavy atom. The molecule has 4 N–H and O–H groups in total. The van der Waals surface area contributed by atoms with Gasteiger partial charge in [0.25, 0.3) is 0 Å². The van der Waals surface area contributed by atoms with E-state index in [1.54, 1.807) is 26.2 Å². The van der Waals surface area contributed by atoms with Crippen LogP contribution in [0.15, 0.2) is 48.8 Å². The number of hydrogen-bond donors (Lipinski definition) is 3. The molecule has 0 radical (unpaired) electrons. The molecule has 170 valence electrons. The topological polar surface area (TPSA) is 115 Å². The van der Waals surface area contributed by atoms with Gasteiger partial charge >= 0.3 is 6.09 Å². The van der Waals surface area contributed by atoms with Gasteiger partial charge in [-0.05, 0) is 68.2 Å². The van der Waals surface area contributed by atoms with Gasteiger partial charge in [-0.2, -0.15) is 0 Å². The number of aryl methyl sites for hydroxylation is 1. The van der Waals surface area contributed by atoms with Gasteiger partial charge in [-0.15, -0.1) is 11.3 Å². The number of nitrogens with zero attached hydrogens (tertiary/aromatic N) is 1. The molecule has 2 aromatic heterocycles. The minimum atomic E-state index is -0.830. The zero-order valence-electron chi connectivity index (χ0n) is 18.3. The highest BCUT2D eigenvalue weighted by Crippen LogP contribution is 2.32. The van der Waals surface area contributed by atoms with Crippen LogP contribution in [-0.4, -0.2) is 34.3 Å². The number of aromatic nitrogens is 1. The van der Waals surface area contributed by atoms with Crippen LogP contribution >= 0.6 is 11.3 Å². The Hall–Kier alpha value is -2.97. The van der Waals surface area contributed by atoms with Crippen molar-refractivity contribution in [1.29, 1.82) is 0 Å². The summed E-state index contributed by atoms with van der Waals surface area (Å²) in [6.07, 6.45) is 5.10. The fraction of sp³-hybridized carbons (Fsp3) is 0.375. The minimum Gasteiger partial charge on any atom is -0.444 e. The van der Waals surface area contributed by atoms with Crippen molar-refractivity contribution in [2.75, 3.05) is 11.9 Å². The molecule has 0 aliphatic carbocycles. The van der Waals surface area contributed by atoms with E-state index in [-0.39, 0.29) is 12.5 Å². The van der Waals surface area contributed by atoms with Crippen LogP contribution in [0, 0.1) is 0 Å². The van der Waals surface area contributed by atoms with Crippen molar-refractivity contribution in [3.63, 3.8) is 0 Å². The largest absolute Gasteiger partial charge is 0.444 e. The average molecular weight is 456 g/mol. The van der Waals surface area contributed by atoms with E-state index in [2.05, 4.69) is 10.3 Å². The van der Waals surface area contributed by atoms with E-state index in [1.807, 2.05) is 36.4 Å². The van der Waals surface area contributed by atoms with Crippen molar-refractivity contribution >= 4 is 38.4 Å². The number of fused-ring (bicyclic) bond motifs is 1. The van der Waals surface area contributed by atoms with Crippen molar-refractivity contribution in [2.45, 2.75) is 51.0 Å². The third kappa shape index (κ3) is 6.51. The van der Waals surface area contributed by atoms with Gasteiger partial charge in [-0.3, -0.25) is 9.78 Å². The SMILES string of the molecule is CC(C)(CCC(C(=O)Nc1cc2ccncc2s1)c1ccc(CCCO)cc1)OC(N)=O. The van der Waals surface area contributed by atoms with Crippen LogP contribution in [0.3, 0.4) is 0 Å². The lowest BCUT2D eigenvalue weighted by Gasteiger charge is -2.26. The van der Waals surface area contributed by atoms with Crippen molar-refractivity contribution in [1.82, 2.24) is 4.98 Å². The molecule has 1 atom stereocenters. The molecule has 1 unspecified atom stereocenters. The van der Waals surface area contributed by atoms with Gasteiger partial charge in [0.05, 0.1) is 15.6 Å². The fourth-order valence-corrected chi connectivity index (χ4v) is 4.55. The second kappa shape index (κ2) is 10.6. The van der Waals surface area contributed by atoms with E-state index < -0.39 is 17.6 Å². The molecule has 0 fully saturated rings. The van der Waals surface area contributed by atoms with Gasteiger partial charge in [-0.25, -0.2) is 4.79 Å². The van der Waals surface area contributed by atoms with Crippen LogP contribution in [0.5, 0.6) is 0 Å². The fourth-order valence-electron chi connectivity index (χ4n) is 3.62. The van der Waals surface area contributed by atoms with E-state index >= 15 is 0 Å². The van der Waals surface area contributed by atoms with E-state index in [0.717, 1.165) is 32.6 Å². The summed E-state index contributed by atoms with van der Waals surface area (Å²) in [5.41, 5.74) is 6.40. The number of rotatable bonds is 10. The molecule has 8 heteroatoms. The predicted octanol–water partition coefficient (Wildman–Crippen LogP) is 4.60. The third-order valence-corrected chi connectivity index (χ3v) is 6.30. The van der Waals surface area contributed by atoms with E-state index in [4.69, 9.17) is 15.6 Å². The molecule has 32 heavy (non-hydrogen) atoms. The Morgan fingerprint density at radius 2 is 2.00 bits per heavy atom. The first-order chi connectivity index (χ1) is 15.3. The number of thiophene rings is 1. The van der Waals surface area contributed by atoms with E-state index in [1.165, 1.54) is 11.3 Å². The quantitative estimate of drug-likeness (QED) is 0.413. The monoisotopic (exact) mass is 455 g/mol. The van der Waals surface area contributed by atoms with Crippen molar-refractivity contribution in [2.24, 2.45) is 5.73 Å². The first kappa shape index (κ1) is 23.7. The summed E-state index contributed by atoms with van der Waals surface area (Å²) in [7, 11) is 0. The van der Waals surface area contributed by atoms with Gasteiger partial charge in [0.15, 0.2) is 0 Å². The number of hydrogen-bond acceptors (Lipinski definition) is 6. The molecule has 0 aliphatic heterocycles. The smallest absolute Gasteiger partial charge is 0.405 e. The number of carbonyl (C=O) groups is 2. The highest BCUT2D eigenvalue weighted by molar-refractivity contribution is 7.22. The molecule has 3 rings (SSSR count). The van der Waals surface area contributed by atoms with Crippen LogP contribution in [0.25, 0.3) is 10.1 Å². The number of primary amides is 1. The number of ether oxygens (including phenoxy) is 1. The van der Waals surface area contributed by atoms with Crippen LogP contribution < -0.4 is 11.1 Å². The van der Waals surface area contributed by atoms with Crippen molar-refractivity contribution < 1.29 is 19.4 Å².